The first-order valence-electron chi connectivity index (χ1n) is 16.7. The summed E-state index contributed by atoms with van der Waals surface area (Å²) in [6.07, 6.45) is 4.08. The van der Waals surface area contributed by atoms with Crippen LogP contribution >= 0.6 is 0 Å². The van der Waals surface area contributed by atoms with Crippen molar-refractivity contribution in [2.45, 2.75) is 57.5 Å². The van der Waals surface area contributed by atoms with E-state index in [2.05, 4.69) is 27.1 Å². The third-order valence-electron chi connectivity index (χ3n) is 9.74. The van der Waals surface area contributed by atoms with Gasteiger partial charge in [-0.2, -0.15) is 0 Å². The number of pyridine rings is 1. The fourth-order valence-electron chi connectivity index (χ4n) is 6.95. The molecule has 0 spiro atoms. The van der Waals surface area contributed by atoms with Crippen molar-refractivity contribution in [3.05, 3.63) is 136 Å². The highest BCUT2D eigenvalue weighted by atomic mass is 16.7. The van der Waals surface area contributed by atoms with Crippen LogP contribution in [0.4, 0.5) is 0 Å². The van der Waals surface area contributed by atoms with Crippen molar-refractivity contribution in [3.8, 4) is 0 Å². The Balaban J connectivity index is 1.05. The van der Waals surface area contributed by atoms with E-state index in [9.17, 15) is 14.7 Å². The largest absolute Gasteiger partial charge is 0.392 e. The van der Waals surface area contributed by atoms with Gasteiger partial charge in [-0.25, -0.2) is 4.79 Å². The van der Waals surface area contributed by atoms with Gasteiger partial charge in [-0.05, 0) is 53.8 Å². The number of aliphatic hydroxyl groups is 1. The van der Waals surface area contributed by atoms with Crippen molar-refractivity contribution >= 4 is 16.9 Å². The van der Waals surface area contributed by atoms with Gasteiger partial charge in [0.25, 0.3) is 5.91 Å². The number of ether oxygens (including phenoxy) is 2. The van der Waals surface area contributed by atoms with Crippen molar-refractivity contribution in [1.82, 2.24) is 24.8 Å². The molecular formula is C38H41N5O5. The number of likely N-dealkylation sites (tertiary alicyclic amines) is 1. The Morgan fingerprint density at radius 3 is 2.40 bits per heavy atom. The van der Waals surface area contributed by atoms with E-state index >= 15 is 0 Å². The van der Waals surface area contributed by atoms with Gasteiger partial charge in [0.1, 0.15) is 0 Å². The molecule has 4 atom stereocenters. The molecule has 2 aliphatic heterocycles. The zero-order chi connectivity index (χ0) is 33.0. The third kappa shape index (κ3) is 6.84. The number of nitrogens with one attached hydrogen (secondary N) is 2. The van der Waals surface area contributed by atoms with E-state index in [0.717, 1.165) is 65.8 Å². The van der Waals surface area contributed by atoms with E-state index < -0.39 is 6.29 Å². The number of para-hydroxylation sites is 2. The molecule has 7 rings (SSSR count). The average molecular weight is 648 g/mol. The third-order valence-corrected chi connectivity index (χ3v) is 9.74. The summed E-state index contributed by atoms with van der Waals surface area (Å²) in [5.41, 5.74) is 6.08. The Kier molecular flexibility index (Phi) is 9.49. The van der Waals surface area contributed by atoms with Crippen molar-refractivity contribution in [1.29, 1.82) is 0 Å². The van der Waals surface area contributed by atoms with Crippen molar-refractivity contribution in [2.24, 2.45) is 5.92 Å². The molecule has 4 heterocycles. The average Bonchev–Trinajstić information content (AvgIpc) is 3.48. The second kappa shape index (κ2) is 14.2. The minimum absolute atomic E-state index is 0.00855. The van der Waals surface area contributed by atoms with Crippen LogP contribution in [0.2, 0.25) is 0 Å². The van der Waals surface area contributed by atoms with E-state index in [0.29, 0.717) is 12.1 Å². The molecule has 3 N–H and O–H groups in total. The summed E-state index contributed by atoms with van der Waals surface area (Å²) in [6, 6.07) is 27.4. The Morgan fingerprint density at radius 2 is 1.67 bits per heavy atom. The summed E-state index contributed by atoms with van der Waals surface area (Å²) in [5.74, 6) is -0.104. The molecule has 248 valence electrons. The SMILES string of the molecule is C[C@H]1[C@@H](CN2CCC(n3c(=O)[nH]c4ccccc43)CC2)O[C@@H](c2ccc(CNC(=O)c3cccnc3)cc2)O[C@H]1c1ccc(CO)cc1. The fraction of sp³-hybridized carbons (Fsp3) is 0.342. The monoisotopic (exact) mass is 647 g/mol. The number of aliphatic hydroxyl groups excluding tert-OH is 1. The van der Waals surface area contributed by atoms with E-state index in [4.69, 9.17) is 9.47 Å². The lowest BCUT2D eigenvalue weighted by molar-refractivity contribution is -0.276. The van der Waals surface area contributed by atoms with Gasteiger partial charge in [-0.15, -0.1) is 0 Å². The lowest BCUT2D eigenvalue weighted by atomic mass is 9.89. The van der Waals surface area contributed by atoms with Gasteiger partial charge in [-0.3, -0.25) is 14.3 Å². The van der Waals surface area contributed by atoms with Crippen LogP contribution < -0.4 is 11.0 Å². The molecule has 1 amide bonds. The first-order chi connectivity index (χ1) is 23.5. The molecule has 2 saturated heterocycles. The molecule has 2 aliphatic rings. The van der Waals surface area contributed by atoms with Gasteiger partial charge < -0.3 is 29.8 Å². The van der Waals surface area contributed by atoms with E-state index in [-0.39, 0.29) is 42.4 Å². The minimum Gasteiger partial charge on any atom is -0.392 e. The predicted octanol–water partition coefficient (Wildman–Crippen LogP) is 5.28. The minimum atomic E-state index is -0.574. The zero-order valence-electron chi connectivity index (χ0n) is 27.0. The number of carbonyl (C=O) groups excluding carboxylic acids is 1. The summed E-state index contributed by atoms with van der Waals surface area (Å²) < 4.78 is 15.3. The number of nitrogens with zero attached hydrogens (tertiary/aromatic N) is 3. The zero-order valence-corrected chi connectivity index (χ0v) is 27.0. The lowest BCUT2D eigenvalue weighted by Crippen LogP contribution is -2.47. The van der Waals surface area contributed by atoms with Gasteiger partial charge in [-0.1, -0.05) is 67.6 Å². The number of fused-ring (bicyclic) bond motifs is 1. The smallest absolute Gasteiger partial charge is 0.326 e. The fourth-order valence-corrected chi connectivity index (χ4v) is 6.95. The van der Waals surface area contributed by atoms with Crippen LogP contribution in [0, 0.1) is 5.92 Å². The Labute approximate surface area is 279 Å². The van der Waals surface area contributed by atoms with Crippen LogP contribution in [-0.2, 0) is 22.6 Å². The summed E-state index contributed by atoms with van der Waals surface area (Å²) in [7, 11) is 0. The molecule has 2 fully saturated rings. The molecule has 3 aromatic carbocycles. The van der Waals surface area contributed by atoms with Crippen LogP contribution in [0.1, 0.15) is 70.8 Å². The Hall–Kier alpha value is -4.61. The molecule has 10 heteroatoms. The summed E-state index contributed by atoms with van der Waals surface area (Å²) >= 11 is 0. The number of carbonyl (C=O) groups is 1. The van der Waals surface area contributed by atoms with Crippen molar-refractivity contribution in [2.75, 3.05) is 19.6 Å². The highest BCUT2D eigenvalue weighted by Gasteiger charge is 2.39. The van der Waals surface area contributed by atoms with Crippen LogP contribution in [0.25, 0.3) is 11.0 Å². The van der Waals surface area contributed by atoms with Gasteiger partial charge in [0, 0.05) is 56.1 Å². The molecular weight excluding hydrogens is 606 g/mol. The first kappa shape index (κ1) is 32.0. The molecule has 48 heavy (non-hydrogen) atoms. The number of aromatic nitrogens is 3. The Bertz CT molecular complexity index is 1880. The maximum atomic E-state index is 12.8. The van der Waals surface area contributed by atoms with Crippen LogP contribution in [0.15, 0.2) is 102 Å². The quantitative estimate of drug-likeness (QED) is 0.199. The first-order valence-corrected chi connectivity index (χ1v) is 16.7. The number of hydrogen-bond acceptors (Lipinski definition) is 7. The summed E-state index contributed by atoms with van der Waals surface area (Å²) in [5, 5.41) is 12.5. The van der Waals surface area contributed by atoms with Crippen LogP contribution in [0.3, 0.4) is 0 Å². The van der Waals surface area contributed by atoms with Crippen LogP contribution in [-0.4, -0.2) is 56.2 Å². The highest BCUT2D eigenvalue weighted by Crippen LogP contribution is 2.42. The van der Waals surface area contributed by atoms with Gasteiger partial charge in [0.15, 0.2) is 6.29 Å². The molecule has 0 unspecified atom stereocenters. The van der Waals surface area contributed by atoms with Crippen molar-refractivity contribution < 1.29 is 19.4 Å². The van der Waals surface area contributed by atoms with Gasteiger partial charge in [0.2, 0.25) is 0 Å². The second-order valence-electron chi connectivity index (χ2n) is 12.8. The van der Waals surface area contributed by atoms with Gasteiger partial charge >= 0.3 is 5.69 Å². The lowest BCUT2D eigenvalue weighted by Gasteiger charge is -2.44. The van der Waals surface area contributed by atoms with E-state index in [1.165, 1.54) is 0 Å². The highest BCUT2D eigenvalue weighted by molar-refractivity contribution is 5.93. The predicted molar refractivity (Wildman–Crippen MR) is 182 cm³/mol. The molecule has 0 aliphatic carbocycles. The number of rotatable bonds is 9. The number of piperidine rings is 1. The number of imidazole rings is 1. The number of H-pyrrole nitrogens is 1. The number of hydrogen-bond donors (Lipinski definition) is 3. The maximum absolute atomic E-state index is 12.8. The summed E-state index contributed by atoms with van der Waals surface area (Å²) in [4.78, 5) is 34.8. The number of aromatic amines is 1. The van der Waals surface area contributed by atoms with E-state index in [1.54, 1.807) is 24.5 Å². The topological polar surface area (TPSA) is 122 Å². The normalized spacial score (nSPS) is 22.1. The van der Waals surface area contributed by atoms with E-state index in [1.807, 2.05) is 77.4 Å². The molecule has 10 nitrogen and oxygen atoms in total. The van der Waals surface area contributed by atoms with Crippen LogP contribution in [0.5, 0.6) is 0 Å². The van der Waals surface area contributed by atoms with Crippen molar-refractivity contribution in [3.63, 3.8) is 0 Å². The molecule has 2 aromatic heterocycles. The van der Waals surface area contributed by atoms with Gasteiger partial charge in [0.05, 0.1) is 35.4 Å². The number of benzene rings is 3. The summed E-state index contributed by atoms with van der Waals surface area (Å²) in [6.45, 7) is 5.04. The molecule has 0 radical (unpaired) electrons. The maximum Gasteiger partial charge on any atom is 0.326 e. The second-order valence-corrected chi connectivity index (χ2v) is 12.8. The molecule has 0 saturated carbocycles. The standard InChI is InChI=1S/C38H41N5O5/c1-25-34(23-42-19-16-31(17-20-42)43-33-7-3-2-6-32(33)41-38(43)46)47-37(48-35(25)28-12-10-27(24-44)11-13-28)29-14-8-26(9-15-29)21-40-36(45)30-5-4-18-39-22-30/h2-15,18,22,25,31,34-35,37,44H,16-17,19-21,23-24H2,1H3,(H,40,45)(H,41,46)/t25-,34+,35+,37+/m0/s1. The number of amides is 1. The Morgan fingerprint density at radius 1 is 0.938 bits per heavy atom. The molecule has 0 bridgehead atoms. The molecule has 5 aromatic rings.